The number of carbonyl (C=O) groups is 2. The third-order valence-electron chi connectivity index (χ3n) is 4.44. The van der Waals surface area contributed by atoms with E-state index in [0.717, 1.165) is 18.4 Å². The van der Waals surface area contributed by atoms with Crippen molar-refractivity contribution in [3.8, 4) is 0 Å². The first kappa shape index (κ1) is 15.5. The Hall–Kier alpha value is -2.37. The van der Waals surface area contributed by atoms with E-state index in [1.54, 1.807) is 6.07 Å². The van der Waals surface area contributed by atoms with Crippen LogP contribution in [-0.4, -0.2) is 16.4 Å². The lowest BCUT2D eigenvalue weighted by atomic mass is 9.95. The predicted molar refractivity (Wildman–Crippen MR) is 85.2 cm³/mol. The minimum Gasteiger partial charge on any atom is -0.407 e. The SMILES string of the molecule is CCCC(C)c1cccc2c1oc(=O)n2[C@H]1CCC(=O)NC1=O. The third-order valence-corrected chi connectivity index (χ3v) is 4.44. The van der Waals surface area contributed by atoms with Gasteiger partial charge >= 0.3 is 5.76 Å². The zero-order chi connectivity index (χ0) is 16.6. The number of hydrogen-bond donors (Lipinski definition) is 1. The molecule has 1 aliphatic rings. The summed E-state index contributed by atoms with van der Waals surface area (Å²) in [6.45, 7) is 4.21. The van der Waals surface area contributed by atoms with Gasteiger partial charge in [-0.2, -0.15) is 0 Å². The van der Waals surface area contributed by atoms with Gasteiger partial charge in [0.2, 0.25) is 11.8 Å². The van der Waals surface area contributed by atoms with Crippen LogP contribution in [-0.2, 0) is 9.59 Å². The number of hydrogen-bond acceptors (Lipinski definition) is 4. The number of piperidine rings is 1. The van der Waals surface area contributed by atoms with Crippen LogP contribution in [0.4, 0.5) is 0 Å². The van der Waals surface area contributed by atoms with Gasteiger partial charge in [0.1, 0.15) is 6.04 Å². The number of imide groups is 1. The summed E-state index contributed by atoms with van der Waals surface area (Å²) >= 11 is 0. The Bertz CT molecular complexity index is 818. The van der Waals surface area contributed by atoms with Gasteiger partial charge in [-0.15, -0.1) is 0 Å². The molecule has 122 valence electrons. The van der Waals surface area contributed by atoms with E-state index >= 15 is 0 Å². The van der Waals surface area contributed by atoms with Gasteiger partial charge in [-0.1, -0.05) is 32.4 Å². The van der Waals surface area contributed by atoms with Crippen LogP contribution >= 0.6 is 0 Å². The highest BCUT2D eigenvalue weighted by molar-refractivity contribution is 6.00. The van der Waals surface area contributed by atoms with E-state index in [1.807, 2.05) is 12.1 Å². The Labute approximate surface area is 133 Å². The second-order valence-corrected chi connectivity index (χ2v) is 6.09. The average Bonchev–Trinajstić information content (AvgIpc) is 2.83. The minimum absolute atomic E-state index is 0.224. The lowest BCUT2D eigenvalue weighted by Crippen LogP contribution is -2.43. The topological polar surface area (TPSA) is 81.3 Å². The summed E-state index contributed by atoms with van der Waals surface area (Å²) in [5.41, 5.74) is 2.14. The van der Waals surface area contributed by atoms with Crippen LogP contribution in [0.1, 0.15) is 57.1 Å². The maximum absolute atomic E-state index is 12.3. The van der Waals surface area contributed by atoms with Crippen LogP contribution < -0.4 is 11.1 Å². The molecule has 0 radical (unpaired) electrons. The van der Waals surface area contributed by atoms with Gasteiger partial charge < -0.3 is 4.42 Å². The standard InChI is InChI=1S/C17H20N2O4/c1-3-5-10(2)11-6-4-7-12-15(11)23-17(22)19(12)13-8-9-14(20)18-16(13)21/h4,6-7,10,13H,3,5,8-9H2,1-2H3,(H,18,20,21)/t10?,13-/m0/s1. The summed E-state index contributed by atoms with van der Waals surface area (Å²) < 4.78 is 6.84. The van der Waals surface area contributed by atoms with Crippen molar-refractivity contribution in [2.75, 3.05) is 0 Å². The summed E-state index contributed by atoms with van der Waals surface area (Å²) in [5, 5.41) is 2.29. The number of oxazole rings is 1. The molecule has 1 saturated heterocycles. The molecule has 6 heteroatoms. The second kappa shape index (κ2) is 6.02. The molecule has 1 N–H and O–H groups in total. The van der Waals surface area contributed by atoms with Crippen molar-refractivity contribution in [2.45, 2.75) is 51.5 Å². The Kier molecular flexibility index (Phi) is 4.07. The lowest BCUT2D eigenvalue weighted by molar-refractivity contribution is -0.135. The predicted octanol–water partition coefficient (Wildman–Crippen LogP) is 2.48. The molecule has 2 amide bonds. The van der Waals surface area contributed by atoms with Crippen LogP contribution in [0.2, 0.25) is 0 Å². The molecule has 2 heterocycles. The molecule has 23 heavy (non-hydrogen) atoms. The van der Waals surface area contributed by atoms with Gasteiger partial charge in [0, 0.05) is 6.42 Å². The molecule has 0 aliphatic carbocycles. The number of para-hydroxylation sites is 1. The Morgan fingerprint density at radius 2 is 2.13 bits per heavy atom. The number of aromatic nitrogens is 1. The van der Waals surface area contributed by atoms with Crippen molar-refractivity contribution < 1.29 is 14.0 Å². The molecule has 0 bridgehead atoms. The average molecular weight is 316 g/mol. The first-order chi connectivity index (χ1) is 11.0. The second-order valence-electron chi connectivity index (χ2n) is 6.09. The summed E-state index contributed by atoms with van der Waals surface area (Å²) in [6, 6.07) is 4.92. The molecule has 0 spiro atoms. The van der Waals surface area contributed by atoms with Crippen molar-refractivity contribution in [3.05, 3.63) is 34.3 Å². The van der Waals surface area contributed by atoms with Crippen LogP contribution in [0.25, 0.3) is 11.1 Å². The molecule has 2 atom stereocenters. The molecule has 3 rings (SSSR count). The molecule has 1 aromatic carbocycles. The summed E-state index contributed by atoms with van der Waals surface area (Å²) in [4.78, 5) is 35.7. The molecule has 1 aliphatic heterocycles. The van der Waals surface area contributed by atoms with Gasteiger partial charge in [0.25, 0.3) is 0 Å². The van der Waals surface area contributed by atoms with Crippen LogP contribution in [0.5, 0.6) is 0 Å². The number of benzene rings is 1. The van der Waals surface area contributed by atoms with E-state index in [0.29, 0.717) is 17.5 Å². The molecular formula is C17H20N2O4. The van der Waals surface area contributed by atoms with Crippen molar-refractivity contribution >= 4 is 22.9 Å². The fraction of sp³-hybridized carbons (Fsp3) is 0.471. The largest absolute Gasteiger partial charge is 0.420 e. The molecular weight excluding hydrogens is 296 g/mol. The smallest absolute Gasteiger partial charge is 0.407 e. The Balaban J connectivity index is 2.11. The molecule has 6 nitrogen and oxygen atoms in total. The van der Waals surface area contributed by atoms with Gasteiger partial charge in [-0.25, -0.2) is 4.79 Å². The van der Waals surface area contributed by atoms with E-state index in [1.165, 1.54) is 4.57 Å². The fourth-order valence-electron chi connectivity index (χ4n) is 3.28. The molecule has 1 unspecified atom stereocenters. The quantitative estimate of drug-likeness (QED) is 0.879. The van der Waals surface area contributed by atoms with Crippen molar-refractivity contribution in [1.29, 1.82) is 0 Å². The highest BCUT2D eigenvalue weighted by Crippen LogP contribution is 2.30. The van der Waals surface area contributed by atoms with Gasteiger partial charge in [-0.05, 0) is 30.4 Å². The maximum atomic E-state index is 12.3. The Morgan fingerprint density at radius 1 is 1.35 bits per heavy atom. The number of fused-ring (bicyclic) bond motifs is 1. The summed E-state index contributed by atoms with van der Waals surface area (Å²) in [5.74, 6) is -1.03. The van der Waals surface area contributed by atoms with E-state index in [2.05, 4.69) is 19.2 Å². The summed E-state index contributed by atoms with van der Waals surface area (Å²) in [6.07, 6.45) is 2.57. The molecule has 1 fully saturated rings. The minimum atomic E-state index is -0.696. The number of nitrogens with one attached hydrogen (secondary N) is 1. The maximum Gasteiger partial charge on any atom is 0.420 e. The molecule has 1 aromatic heterocycles. The highest BCUT2D eigenvalue weighted by Gasteiger charge is 2.31. The van der Waals surface area contributed by atoms with Gasteiger partial charge in [0.15, 0.2) is 5.58 Å². The normalized spacial score (nSPS) is 19.8. The zero-order valence-corrected chi connectivity index (χ0v) is 13.3. The molecule has 2 aromatic rings. The Morgan fingerprint density at radius 3 is 2.83 bits per heavy atom. The van der Waals surface area contributed by atoms with Crippen LogP contribution in [0.15, 0.2) is 27.4 Å². The summed E-state index contributed by atoms with van der Waals surface area (Å²) in [7, 11) is 0. The molecule has 0 saturated carbocycles. The highest BCUT2D eigenvalue weighted by atomic mass is 16.4. The van der Waals surface area contributed by atoms with E-state index in [9.17, 15) is 14.4 Å². The first-order valence-electron chi connectivity index (χ1n) is 8.00. The van der Waals surface area contributed by atoms with Crippen LogP contribution in [0.3, 0.4) is 0 Å². The van der Waals surface area contributed by atoms with Crippen molar-refractivity contribution in [1.82, 2.24) is 9.88 Å². The number of amides is 2. The van der Waals surface area contributed by atoms with Crippen LogP contribution in [0, 0.1) is 0 Å². The zero-order valence-electron chi connectivity index (χ0n) is 13.3. The monoisotopic (exact) mass is 316 g/mol. The van der Waals surface area contributed by atoms with Gasteiger partial charge in [0.05, 0.1) is 5.52 Å². The van der Waals surface area contributed by atoms with Gasteiger partial charge in [-0.3, -0.25) is 19.5 Å². The van der Waals surface area contributed by atoms with E-state index in [-0.39, 0.29) is 18.2 Å². The van der Waals surface area contributed by atoms with Crippen molar-refractivity contribution in [2.24, 2.45) is 0 Å². The number of nitrogens with zero attached hydrogens (tertiary/aromatic N) is 1. The fourth-order valence-corrected chi connectivity index (χ4v) is 3.28. The first-order valence-corrected chi connectivity index (χ1v) is 8.00. The number of rotatable bonds is 4. The lowest BCUT2D eigenvalue weighted by Gasteiger charge is -2.21. The van der Waals surface area contributed by atoms with E-state index in [4.69, 9.17) is 4.42 Å². The number of carbonyl (C=O) groups excluding carboxylic acids is 2. The van der Waals surface area contributed by atoms with Crippen molar-refractivity contribution in [3.63, 3.8) is 0 Å². The van der Waals surface area contributed by atoms with E-state index < -0.39 is 17.7 Å². The third kappa shape index (κ3) is 2.69.